The zero-order valence-electron chi connectivity index (χ0n) is 14.2. The maximum atomic E-state index is 12.5. The average molecular weight is 435 g/mol. The van der Waals surface area contributed by atoms with E-state index in [1.165, 1.54) is 18.2 Å². The Bertz CT molecular complexity index is 1040. The van der Waals surface area contributed by atoms with Crippen LogP contribution in [0.4, 0.5) is 10.5 Å². The lowest BCUT2D eigenvalue weighted by molar-refractivity contribution is -0.384. The second-order valence-corrected chi connectivity index (χ2v) is 7.56. The summed E-state index contributed by atoms with van der Waals surface area (Å²) in [5.74, 6) is -0.412. The van der Waals surface area contributed by atoms with Crippen molar-refractivity contribution in [3.8, 4) is 0 Å². The van der Waals surface area contributed by atoms with Crippen LogP contribution in [-0.4, -0.2) is 21.0 Å². The molecule has 0 radical (unpaired) electrons. The van der Waals surface area contributed by atoms with Crippen molar-refractivity contribution in [3.05, 3.63) is 90.8 Å². The number of non-ortho nitro benzene ring substituents is 1. The summed E-state index contributed by atoms with van der Waals surface area (Å²) in [5, 5.41) is 11.2. The van der Waals surface area contributed by atoms with Gasteiger partial charge in [-0.2, -0.15) is 0 Å². The third kappa shape index (κ3) is 4.62. The molecule has 0 spiro atoms. The lowest BCUT2D eigenvalue weighted by atomic mass is 10.2. The monoisotopic (exact) mass is 434 g/mol. The highest BCUT2D eigenvalue weighted by Gasteiger charge is 2.34. The van der Waals surface area contributed by atoms with Crippen molar-refractivity contribution in [2.45, 2.75) is 6.54 Å². The van der Waals surface area contributed by atoms with Gasteiger partial charge in [0.15, 0.2) is 0 Å². The summed E-state index contributed by atoms with van der Waals surface area (Å²) in [4.78, 5) is 36.4. The number of carbonyl (C=O) groups excluding carboxylic acids is 2. The molecule has 1 aliphatic rings. The Morgan fingerprint density at radius 1 is 1.11 bits per heavy atom. The molecule has 2 aromatic carbocycles. The largest absolute Gasteiger partial charge is 0.293 e. The van der Waals surface area contributed by atoms with E-state index in [0.717, 1.165) is 16.7 Å². The van der Waals surface area contributed by atoms with Crippen LogP contribution in [-0.2, 0) is 11.3 Å². The molecule has 9 heteroatoms. The quantitative estimate of drug-likeness (QED) is 0.342. The number of nitro benzene ring substituents is 1. The number of allylic oxidation sites excluding steroid dienone is 2. The number of nitro groups is 1. The summed E-state index contributed by atoms with van der Waals surface area (Å²) in [6, 6.07) is 11.0. The number of rotatable bonds is 5. The van der Waals surface area contributed by atoms with Gasteiger partial charge in [0, 0.05) is 12.1 Å². The van der Waals surface area contributed by atoms with Crippen LogP contribution >= 0.6 is 35.0 Å². The van der Waals surface area contributed by atoms with Crippen molar-refractivity contribution in [1.82, 2.24) is 4.90 Å². The van der Waals surface area contributed by atoms with Crippen LogP contribution in [0.25, 0.3) is 6.08 Å². The van der Waals surface area contributed by atoms with Gasteiger partial charge in [-0.05, 0) is 41.1 Å². The Kier molecular flexibility index (Phi) is 6.18. The van der Waals surface area contributed by atoms with E-state index >= 15 is 0 Å². The first-order valence-electron chi connectivity index (χ1n) is 7.95. The number of nitrogens with zero attached hydrogens (tertiary/aromatic N) is 2. The van der Waals surface area contributed by atoms with E-state index in [1.54, 1.807) is 42.5 Å². The number of amides is 2. The summed E-state index contributed by atoms with van der Waals surface area (Å²) in [6.07, 6.45) is 4.72. The van der Waals surface area contributed by atoms with E-state index in [1.807, 2.05) is 0 Å². The molecule has 3 rings (SSSR count). The smallest absolute Gasteiger partial charge is 0.268 e. The molecule has 1 saturated heterocycles. The Balaban J connectivity index is 1.72. The molecular formula is C19H12Cl2N2O4S. The summed E-state index contributed by atoms with van der Waals surface area (Å²) in [7, 11) is 0. The van der Waals surface area contributed by atoms with E-state index in [-0.39, 0.29) is 22.4 Å². The number of imide groups is 1. The van der Waals surface area contributed by atoms with Crippen molar-refractivity contribution in [2.24, 2.45) is 0 Å². The summed E-state index contributed by atoms with van der Waals surface area (Å²) in [5.41, 5.74) is 1.27. The Morgan fingerprint density at radius 2 is 1.89 bits per heavy atom. The summed E-state index contributed by atoms with van der Waals surface area (Å²) < 4.78 is 0. The van der Waals surface area contributed by atoms with E-state index in [2.05, 4.69) is 0 Å². The highest BCUT2D eigenvalue weighted by atomic mass is 35.5. The molecule has 1 heterocycles. The predicted octanol–water partition coefficient (Wildman–Crippen LogP) is 5.69. The second-order valence-electron chi connectivity index (χ2n) is 5.75. The number of thioether (sulfide) groups is 1. The van der Waals surface area contributed by atoms with Gasteiger partial charge in [-0.1, -0.05) is 53.6 Å². The maximum Gasteiger partial charge on any atom is 0.293 e. The fraction of sp³-hybridized carbons (Fsp3) is 0.0526. The topological polar surface area (TPSA) is 80.5 Å². The van der Waals surface area contributed by atoms with E-state index in [4.69, 9.17) is 23.2 Å². The number of benzene rings is 2. The van der Waals surface area contributed by atoms with Crippen LogP contribution in [0.5, 0.6) is 0 Å². The molecule has 0 atom stereocenters. The molecule has 28 heavy (non-hydrogen) atoms. The lowest BCUT2D eigenvalue weighted by Crippen LogP contribution is -2.27. The lowest BCUT2D eigenvalue weighted by Gasteiger charge is -2.12. The van der Waals surface area contributed by atoms with Crippen molar-refractivity contribution < 1.29 is 14.5 Å². The van der Waals surface area contributed by atoms with Crippen LogP contribution in [0.1, 0.15) is 11.1 Å². The zero-order chi connectivity index (χ0) is 20.3. The van der Waals surface area contributed by atoms with Crippen molar-refractivity contribution >= 4 is 57.9 Å². The molecule has 0 bridgehead atoms. The first-order chi connectivity index (χ1) is 13.3. The highest BCUT2D eigenvalue weighted by molar-refractivity contribution is 8.18. The molecule has 1 fully saturated rings. The first-order valence-corrected chi connectivity index (χ1v) is 9.53. The van der Waals surface area contributed by atoms with Crippen molar-refractivity contribution in [3.63, 3.8) is 0 Å². The SMILES string of the molecule is O=C1S/C(=C\C=C\c2cccc([N+](=O)[O-])c2)C(=O)N1Cc1ccc(Cl)c(Cl)c1. The standard InChI is InChI=1S/C19H12Cl2N2O4S/c20-15-8-7-13(10-16(15)21)11-22-18(24)17(28-19(22)25)6-2-4-12-3-1-5-14(9-12)23(26)27/h1-10H,11H2/b4-2+,17-6-. The Labute approximate surface area is 174 Å². The highest BCUT2D eigenvalue weighted by Crippen LogP contribution is 2.32. The minimum atomic E-state index is -0.480. The fourth-order valence-corrected chi connectivity index (χ4v) is 3.57. The van der Waals surface area contributed by atoms with Gasteiger partial charge in [0.1, 0.15) is 0 Å². The molecule has 2 aromatic rings. The Hall–Kier alpha value is -2.61. The van der Waals surface area contributed by atoms with E-state index in [9.17, 15) is 19.7 Å². The molecule has 0 unspecified atom stereocenters. The average Bonchev–Trinajstić information content (AvgIpc) is 2.92. The number of carbonyl (C=O) groups is 2. The number of halogens is 2. The third-order valence-corrected chi connectivity index (χ3v) is 5.48. The normalized spacial score (nSPS) is 15.8. The van der Waals surface area contributed by atoms with E-state index in [0.29, 0.717) is 21.2 Å². The minimum Gasteiger partial charge on any atom is -0.268 e. The predicted molar refractivity (Wildman–Crippen MR) is 110 cm³/mol. The van der Waals surface area contributed by atoms with Gasteiger partial charge in [0.2, 0.25) is 0 Å². The van der Waals surface area contributed by atoms with Gasteiger partial charge in [0.25, 0.3) is 16.8 Å². The molecule has 0 aromatic heterocycles. The molecule has 2 amide bonds. The molecule has 6 nitrogen and oxygen atoms in total. The molecule has 142 valence electrons. The second kappa shape index (κ2) is 8.60. The van der Waals surface area contributed by atoms with Gasteiger partial charge in [-0.15, -0.1) is 0 Å². The van der Waals surface area contributed by atoms with Crippen molar-refractivity contribution in [2.75, 3.05) is 0 Å². The third-order valence-electron chi connectivity index (χ3n) is 3.82. The molecule has 1 aliphatic heterocycles. The van der Waals surface area contributed by atoms with Crippen LogP contribution in [0.3, 0.4) is 0 Å². The minimum absolute atomic E-state index is 0.0240. The van der Waals surface area contributed by atoms with Gasteiger partial charge < -0.3 is 0 Å². The molecule has 0 aliphatic carbocycles. The van der Waals surface area contributed by atoms with E-state index < -0.39 is 10.8 Å². The number of hydrogen-bond acceptors (Lipinski definition) is 5. The van der Waals surface area contributed by atoms with Crippen LogP contribution < -0.4 is 0 Å². The maximum absolute atomic E-state index is 12.5. The first kappa shape index (κ1) is 20.1. The Morgan fingerprint density at radius 3 is 2.61 bits per heavy atom. The van der Waals surface area contributed by atoms with Gasteiger partial charge in [0.05, 0.1) is 26.4 Å². The molecule has 0 N–H and O–H groups in total. The van der Waals surface area contributed by atoms with Gasteiger partial charge in [-0.25, -0.2) is 0 Å². The number of hydrogen-bond donors (Lipinski definition) is 0. The molecular weight excluding hydrogens is 423 g/mol. The molecule has 0 saturated carbocycles. The summed E-state index contributed by atoms with van der Waals surface area (Å²) in [6.45, 7) is 0.0908. The van der Waals surface area contributed by atoms with Crippen LogP contribution in [0, 0.1) is 10.1 Å². The van der Waals surface area contributed by atoms with Crippen molar-refractivity contribution in [1.29, 1.82) is 0 Å². The van der Waals surface area contributed by atoms with Gasteiger partial charge in [-0.3, -0.25) is 24.6 Å². The van der Waals surface area contributed by atoms with Gasteiger partial charge >= 0.3 is 0 Å². The zero-order valence-corrected chi connectivity index (χ0v) is 16.5. The fourth-order valence-electron chi connectivity index (χ4n) is 2.46. The van der Waals surface area contributed by atoms with Crippen LogP contribution in [0.2, 0.25) is 10.0 Å². The summed E-state index contributed by atoms with van der Waals surface area (Å²) >= 11 is 12.7. The van der Waals surface area contributed by atoms with Crippen LogP contribution in [0.15, 0.2) is 59.5 Å².